The minimum absolute atomic E-state index is 0.0469. The highest BCUT2D eigenvalue weighted by Crippen LogP contribution is 2.21. The molecule has 2 rings (SSSR count). The Morgan fingerprint density at radius 3 is 2.41 bits per heavy atom. The van der Waals surface area contributed by atoms with Crippen LogP contribution in [-0.4, -0.2) is 24.2 Å². The first-order chi connectivity index (χ1) is 8.20. The summed E-state index contributed by atoms with van der Waals surface area (Å²) in [5.41, 5.74) is 3.99. The third kappa shape index (κ3) is 2.63. The number of nitrogens with zero attached hydrogens (tertiary/aromatic N) is 2. The molecule has 1 aromatic heterocycles. The molecule has 0 atom stereocenters. The molecule has 0 saturated carbocycles. The third-order valence-electron chi connectivity index (χ3n) is 2.69. The van der Waals surface area contributed by atoms with Crippen molar-refractivity contribution in [3.05, 3.63) is 48.2 Å². The van der Waals surface area contributed by atoms with Crippen LogP contribution in [0.15, 0.2) is 42.6 Å². The average molecular weight is 228 g/mol. The second-order valence-corrected chi connectivity index (χ2v) is 4.15. The smallest absolute Gasteiger partial charge is 0.0705 e. The number of benzene rings is 1. The van der Waals surface area contributed by atoms with Gasteiger partial charge in [-0.25, -0.2) is 0 Å². The molecule has 0 aliphatic carbocycles. The lowest BCUT2D eigenvalue weighted by atomic mass is 10.1. The fraction of sp³-hybridized carbons (Fsp3) is 0.214. The van der Waals surface area contributed by atoms with Crippen molar-refractivity contribution in [2.75, 3.05) is 19.0 Å². The highest BCUT2D eigenvalue weighted by Gasteiger charge is 2.01. The van der Waals surface area contributed by atoms with Gasteiger partial charge in [-0.05, 0) is 29.8 Å². The van der Waals surface area contributed by atoms with Crippen LogP contribution in [0.5, 0.6) is 0 Å². The number of pyridine rings is 1. The van der Waals surface area contributed by atoms with Crippen molar-refractivity contribution in [3.8, 4) is 11.3 Å². The van der Waals surface area contributed by atoms with Crippen molar-refractivity contribution in [2.24, 2.45) is 0 Å². The van der Waals surface area contributed by atoms with E-state index >= 15 is 0 Å². The zero-order valence-electron chi connectivity index (χ0n) is 10.1. The molecule has 3 nitrogen and oxygen atoms in total. The average Bonchev–Trinajstić information content (AvgIpc) is 2.39. The molecule has 0 radical (unpaired) electrons. The van der Waals surface area contributed by atoms with Crippen LogP contribution in [0.4, 0.5) is 5.69 Å². The Bertz CT molecular complexity index is 492. The lowest BCUT2D eigenvalue weighted by Gasteiger charge is -2.12. The zero-order valence-corrected chi connectivity index (χ0v) is 10.1. The Kier molecular flexibility index (Phi) is 3.40. The molecule has 1 aromatic carbocycles. The number of aromatic nitrogens is 1. The molecule has 88 valence electrons. The first-order valence-electron chi connectivity index (χ1n) is 5.54. The van der Waals surface area contributed by atoms with Crippen LogP contribution in [0.25, 0.3) is 11.3 Å². The molecule has 17 heavy (non-hydrogen) atoms. The van der Waals surface area contributed by atoms with Gasteiger partial charge < -0.3 is 10.0 Å². The molecule has 1 N–H and O–H groups in total. The maximum Gasteiger partial charge on any atom is 0.0705 e. The van der Waals surface area contributed by atoms with Crippen LogP contribution in [0.3, 0.4) is 0 Å². The summed E-state index contributed by atoms with van der Waals surface area (Å²) in [5, 5.41) is 9.09. The molecule has 0 spiro atoms. The number of anilines is 1. The molecular weight excluding hydrogens is 212 g/mol. The summed E-state index contributed by atoms with van der Waals surface area (Å²) < 4.78 is 0. The molecule has 0 amide bonds. The Balaban J connectivity index is 2.32. The summed E-state index contributed by atoms with van der Waals surface area (Å²) in [5.74, 6) is 0. The predicted octanol–water partition coefficient (Wildman–Crippen LogP) is 2.31. The number of hydrogen-bond donors (Lipinski definition) is 1. The molecule has 0 aliphatic rings. The second kappa shape index (κ2) is 4.97. The van der Waals surface area contributed by atoms with E-state index in [0.29, 0.717) is 0 Å². The lowest BCUT2D eigenvalue weighted by molar-refractivity contribution is 0.282. The van der Waals surface area contributed by atoms with Crippen LogP contribution in [0.2, 0.25) is 0 Å². The Hall–Kier alpha value is -1.87. The van der Waals surface area contributed by atoms with E-state index in [1.807, 2.05) is 38.4 Å². The van der Waals surface area contributed by atoms with Gasteiger partial charge in [0.25, 0.3) is 0 Å². The van der Waals surface area contributed by atoms with Gasteiger partial charge >= 0.3 is 0 Å². The van der Waals surface area contributed by atoms with Crippen molar-refractivity contribution in [2.45, 2.75) is 6.61 Å². The first-order valence-corrected chi connectivity index (χ1v) is 5.54. The van der Waals surface area contributed by atoms with Gasteiger partial charge in [0.1, 0.15) is 0 Å². The normalized spacial score (nSPS) is 10.3. The molecular formula is C14H16N2O. The first kappa shape index (κ1) is 11.6. The van der Waals surface area contributed by atoms with E-state index in [1.165, 1.54) is 0 Å². The van der Waals surface area contributed by atoms with E-state index in [9.17, 15) is 0 Å². The van der Waals surface area contributed by atoms with E-state index < -0.39 is 0 Å². The zero-order chi connectivity index (χ0) is 12.3. The van der Waals surface area contributed by atoms with Crippen molar-refractivity contribution < 1.29 is 5.11 Å². The molecule has 0 aliphatic heterocycles. The molecule has 0 unspecified atom stereocenters. The maximum absolute atomic E-state index is 9.09. The summed E-state index contributed by atoms with van der Waals surface area (Å²) >= 11 is 0. The van der Waals surface area contributed by atoms with Crippen molar-refractivity contribution in [1.29, 1.82) is 0 Å². The Morgan fingerprint density at radius 1 is 1.12 bits per heavy atom. The summed E-state index contributed by atoms with van der Waals surface area (Å²) in [6.07, 6.45) is 1.72. The highest BCUT2D eigenvalue weighted by molar-refractivity contribution is 5.63. The van der Waals surface area contributed by atoms with Crippen LogP contribution in [0, 0.1) is 0 Å². The quantitative estimate of drug-likeness (QED) is 0.875. The van der Waals surface area contributed by atoms with Crippen molar-refractivity contribution in [3.63, 3.8) is 0 Å². The van der Waals surface area contributed by atoms with Crippen LogP contribution in [-0.2, 0) is 6.61 Å². The number of aliphatic hydroxyl groups excluding tert-OH is 1. The fourth-order valence-corrected chi connectivity index (χ4v) is 1.66. The van der Waals surface area contributed by atoms with Gasteiger partial charge in [-0.15, -0.1) is 0 Å². The lowest BCUT2D eigenvalue weighted by Crippen LogP contribution is -2.07. The van der Waals surface area contributed by atoms with Crippen molar-refractivity contribution in [1.82, 2.24) is 4.98 Å². The Labute approximate surface area is 101 Å². The number of hydrogen-bond acceptors (Lipinski definition) is 3. The van der Waals surface area contributed by atoms with Gasteiger partial charge in [-0.2, -0.15) is 0 Å². The fourth-order valence-electron chi connectivity index (χ4n) is 1.66. The van der Waals surface area contributed by atoms with Crippen LogP contribution >= 0.6 is 0 Å². The largest absolute Gasteiger partial charge is 0.392 e. The van der Waals surface area contributed by atoms with E-state index in [2.05, 4.69) is 22.0 Å². The van der Waals surface area contributed by atoms with Gasteiger partial charge in [0.05, 0.1) is 12.3 Å². The summed E-state index contributed by atoms with van der Waals surface area (Å²) in [4.78, 5) is 6.36. The van der Waals surface area contributed by atoms with Gasteiger partial charge in [-0.3, -0.25) is 4.98 Å². The molecule has 0 saturated heterocycles. The summed E-state index contributed by atoms with van der Waals surface area (Å²) in [7, 11) is 4.03. The number of aliphatic hydroxyl groups is 1. The molecule has 3 heteroatoms. The van der Waals surface area contributed by atoms with E-state index in [0.717, 1.165) is 22.5 Å². The predicted molar refractivity (Wildman–Crippen MR) is 69.9 cm³/mol. The minimum atomic E-state index is 0.0469. The Morgan fingerprint density at radius 2 is 1.82 bits per heavy atom. The molecule has 2 aromatic rings. The topological polar surface area (TPSA) is 36.4 Å². The van der Waals surface area contributed by atoms with Crippen molar-refractivity contribution >= 4 is 5.69 Å². The highest BCUT2D eigenvalue weighted by atomic mass is 16.3. The molecule has 1 heterocycles. The van der Waals surface area contributed by atoms with Gasteiger partial charge in [-0.1, -0.05) is 12.1 Å². The molecule has 0 fully saturated rings. The molecule has 0 bridgehead atoms. The SMILES string of the molecule is CN(C)c1ccc(-c2cc(CO)ccn2)cc1. The third-order valence-corrected chi connectivity index (χ3v) is 2.69. The minimum Gasteiger partial charge on any atom is -0.392 e. The van der Waals surface area contributed by atoms with Gasteiger partial charge in [0.15, 0.2) is 0 Å². The van der Waals surface area contributed by atoms with Gasteiger partial charge in [0.2, 0.25) is 0 Å². The summed E-state index contributed by atoms with van der Waals surface area (Å²) in [6, 6.07) is 11.9. The monoisotopic (exact) mass is 228 g/mol. The van der Waals surface area contributed by atoms with Gasteiger partial charge in [0, 0.05) is 31.5 Å². The maximum atomic E-state index is 9.09. The number of rotatable bonds is 3. The van der Waals surface area contributed by atoms with E-state index in [4.69, 9.17) is 5.11 Å². The van der Waals surface area contributed by atoms with E-state index in [1.54, 1.807) is 6.20 Å². The standard InChI is InChI=1S/C14H16N2O/c1-16(2)13-5-3-12(4-6-13)14-9-11(10-17)7-8-15-14/h3-9,17H,10H2,1-2H3. The summed E-state index contributed by atoms with van der Waals surface area (Å²) in [6.45, 7) is 0.0469. The van der Waals surface area contributed by atoms with E-state index in [-0.39, 0.29) is 6.61 Å². The van der Waals surface area contributed by atoms with Crippen LogP contribution < -0.4 is 4.90 Å². The van der Waals surface area contributed by atoms with Crippen LogP contribution in [0.1, 0.15) is 5.56 Å². The second-order valence-electron chi connectivity index (χ2n) is 4.15.